The molecule has 0 aliphatic carbocycles. The van der Waals surface area contributed by atoms with E-state index in [9.17, 15) is 14.0 Å². The Morgan fingerprint density at radius 3 is 2.16 bits per heavy atom. The molecule has 0 radical (unpaired) electrons. The van der Waals surface area contributed by atoms with Gasteiger partial charge in [-0.25, -0.2) is 23.5 Å². The molecule has 196 valence electrons. The van der Waals surface area contributed by atoms with Crippen LogP contribution in [0.3, 0.4) is 0 Å². The molecule has 1 aliphatic rings. The van der Waals surface area contributed by atoms with Gasteiger partial charge in [0.15, 0.2) is 29.1 Å². The molecule has 4 rings (SSSR count). The van der Waals surface area contributed by atoms with Gasteiger partial charge in [0.25, 0.3) is 0 Å². The maximum absolute atomic E-state index is 14.8. The molecule has 1 aromatic heterocycles. The number of rotatable bonds is 7. The molecule has 0 spiro atoms. The van der Waals surface area contributed by atoms with E-state index in [1.54, 1.807) is 24.3 Å². The summed E-state index contributed by atoms with van der Waals surface area (Å²) < 4.78 is 36.2. The summed E-state index contributed by atoms with van der Waals surface area (Å²) in [6.45, 7) is 9.34. The normalized spacial score (nSPS) is 15.2. The number of halogens is 2. The highest BCUT2D eigenvalue weighted by atomic mass is 19.1. The van der Waals surface area contributed by atoms with E-state index in [1.807, 2.05) is 33.2 Å². The molecular weight excluding hydrogens is 474 g/mol. The lowest BCUT2D eigenvalue weighted by Gasteiger charge is -2.31. The largest absolute Gasteiger partial charge is 0.623 e. The Morgan fingerprint density at radius 2 is 1.62 bits per heavy atom. The van der Waals surface area contributed by atoms with E-state index in [0.29, 0.717) is 16.7 Å². The van der Waals surface area contributed by atoms with E-state index in [2.05, 4.69) is 21.8 Å². The molecule has 2 aromatic carbocycles. The SMILES string of the molecule is CCc1cnc(N2CCC(COc3c(F)cc(-c4ccc(/C=[N+](\[O-])C(C)(C)C)cc4)cc3F)CC2)nc1. The molecule has 1 fully saturated rings. The first-order chi connectivity index (χ1) is 17.6. The maximum atomic E-state index is 14.8. The van der Waals surface area contributed by atoms with Crippen LogP contribution in [0.25, 0.3) is 11.1 Å². The summed E-state index contributed by atoms with van der Waals surface area (Å²) in [6.07, 6.45) is 7.78. The predicted octanol–water partition coefficient (Wildman–Crippen LogP) is 6.01. The monoisotopic (exact) mass is 508 g/mol. The Labute approximate surface area is 217 Å². The minimum atomic E-state index is -0.731. The molecule has 0 saturated carbocycles. The molecule has 3 aromatic rings. The van der Waals surface area contributed by atoms with Crippen molar-refractivity contribution < 1.29 is 18.3 Å². The Hall–Kier alpha value is -3.55. The number of hydrogen-bond acceptors (Lipinski definition) is 5. The Morgan fingerprint density at radius 1 is 1.03 bits per heavy atom. The fourth-order valence-corrected chi connectivity index (χ4v) is 4.15. The summed E-state index contributed by atoms with van der Waals surface area (Å²) in [5.41, 5.74) is 2.32. The van der Waals surface area contributed by atoms with Gasteiger partial charge in [-0.3, -0.25) is 0 Å². The first-order valence-corrected chi connectivity index (χ1v) is 12.7. The van der Waals surface area contributed by atoms with E-state index < -0.39 is 17.2 Å². The lowest BCUT2D eigenvalue weighted by Crippen LogP contribution is -2.36. The lowest BCUT2D eigenvalue weighted by molar-refractivity contribution is -0.530. The molecule has 0 amide bonds. The van der Waals surface area contributed by atoms with Gasteiger partial charge >= 0.3 is 0 Å². The highest BCUT2D eigenvalue weighted by Crippen LogP contribution is 2.30. The molecule has 1 aliphatic heterocycles. The van der Waals surface area contributed by atoms with E-state index in [0.717, 1.165) is 48.6 Å². The Bertz CT molecular complexity index is 1210. The second kappa shape index (κ2) is 11.2. The summed E-state index contributed by atoms with van der Waals surface area (Å²) in [5, 5.41) is 12.1. The number of piperidine rings is 1. The summed E-state index contributed by atoms with van der Waals surface area (Å²) >= 11 is 0. The van der Waals surface area contributed by atoms with E-state index >= 15 is 0 Å². The van der Waals surface area contributed by atoms with Crippen LogP contribution in [0.1, 0.15) is 51.7 Å². The molecule has 0 bridgehead atoms. The van der Waals surface area contributed by atoms with Gasteiger partial charge in [0.2, 0.25) is 5.95 Å². The minimum absolute atomic E-state index is 0.196. The molecule has 0 atom stereocenters. The van der Waals surface area contributed by atoms with Crippen molar-refractivity contribution in [1.82, 2.24) is 9.97 Å². The van der Waals surface area contributed by atoms with Crippen molar-refractivity contribution in [2.75, 3.05) is 24.6 Å². The fraction of sp³-hybridized carbons (Fsp3) is 0.414. The van der Waals surface area contributed by atoms with Crippen molar-refractivity contribution in [3.63, 3.8) is 0 Å². The van der Waals surface area contributed by atoms with Gasteiger partial charge in [0.1, 0.15) is 0 Å². The van der Waals surface area contributed by atoms with Gasteiger partial charge in [-0.2, -0.15) is 0 Å². The third kappa shape index (κ3) is 6.61. The van der Waals surface area contributed by atoms with Crippen molar-refractivity contribution in [3.05, 3.63) is 76.8 Å². The zero-order valence-corrected chi connectivity index (χ0v) is 21.9. The van der Waals surface area contributed by atoms with Gasteiger partial charge < -0.3 is 14.8 Å². The Balaban J connectivity index is 1.35. The highest BCUT2D eigenvalue weighted by molar-refractivity contribution is 5.78. The highest BCUT2D eigenvalue weighted by Gasteiger charge is 2.23. The predicted molar refractivity (Wildman–Crippen MR) is 142 cm³/mol. The van der Waals surface area contributed by atoms with Crippen molar-refractivity contribution in [3.8, 4) is 16.9 Å². The first kappa shape index (κ1) is 26.5. The van der Waals surface area contributed by atoms with Gasteiger partial charge in [0, 0.05) is 51.8 Å². The van der Waals surface area contributed by atoms with Gasteiger partial charge in [-0.15, -0.1) is 0 Å². The third-order valence-corrected chi connectivity index (χ3v) is 6.63. The van der Waals surface area contributed by atoms with Gasteiger partial charge in [0.05, 0.1) is 6.61 Å². The topological polar surface area (TPSA) is 64.3 Å². The summed E-state index contributed by atoms with van der Waals surface area (Å²) in [5.74, 6) is -0.893. The molecule has 0 N–H and O–H groups in total. The van der Waals surface area contributed by atoms with Crippen LogP contribution < -0.4 is 9.64 Å². The quantitative estimate of drug-likeness (QED) is 0.169. The maximum Gasteiger partial charge on any atom is 0.225 e. The van der Waals surface area contributed by atoms with E-state index in [-0.39, 0.29) is 18.3 Å². The van der Waals surface area contributed by atoms with E-state index in [4.69, 9.17) is 4.74 Å². The van der Waals surface area contributed by atoms with Crippen LogP contribution in [-0.4, -0.2) is 46.2 Å². The third-order valence-electron chi connectivity index (χ3n) is 6.63. The number of benzene rings is 2. The van der Waals surface area contributed by atoms with Crippen LogP contribution in [0.4, 0.5) is 14.7 Å². The Kier molecular flexibility index (Phi) is 8.05. The number of hydrogen-bond donors (Lipinski definition) is 0. The second-order valence-electron chi connectivity index (χ2n) is 10.5. The van der Waals surface area contributed by atoms with Crippen molar-refractivity contribution >= 4 is 12.2 Å². The molecule has 2 heterocycles. The number of aryl methyl sites for hydroxylation is 1. The number of hydroxylamine groups is 1. The molecule has 0 unspecified atom stereocenters. The number of anilines is 1. The number of aromatic nitrogens is 2. The van der Waals surface area contributed by atoms with Gasteiger partial charge in [-0.1, -0.05) is 19.1 Å². The van der Waals surface area contributed by atoms with Crippen LogP contribution >= 0.6 is 0 Å². The number of ether oxygens (including phenoxy) is 1. The van der Waals surface area contributed by atoms with Gasteiger partial charge in [-0.05, 0) is 66.1 Å². The fourth-order valence-electron chi connectivity index (χ4n) is 4.15. The van der Waals surface area contributed by atoms with Crippen LogP contribution in [0, 0.1) is 22.8 Å². The van der Waals surface area contributed by atoms with Crippen molar-refractivity contribution in [2.45, 2.75) is 52.5 Å². The lowest BCUT2D eigenvalue weighted by atomic mass is 9.98. The smallest absolute Gasteiger partial charge is 0.225 e. The molecule has 8 heteroatoms. The van der Waals surface area contributed by atoms with E-state index in [1.165, 1.54) is 18.3 Å². The minimum Gasteiger partial charge on any atom is -0.623 e. The average Bonchev–Trinajstić information content (AvgIpc) is 2.88. The van der Waals surface area contributed by atoms with Crippen molar-refractivity contribution in [2.24, 2.45) is 5.92 Å². The van der Waals surface area contributed by atoms with Crippen LogP contribution in [-0.2, 0) is 6.42 Å². The molecule has 37 heavy (non-hydrogen) atoms. The molecule has 1 saturated heterocycles. The van der Waals surface area contributed by atoms with Crippen molar-refractivity contribution in [1.29, 1.82) is 0 Å². The van der Waals surface area contributed by atoms with Crippen LogP contribution in [0.2, 0.25) is 0 Å². The molecule has 6 nitrogen and oxygen atoms in total. The summed E-state index contributed by atoms with van der Waals surface area (Å²) in [6, 6.07) is 9.55. The average molecular weight is 509 g/mol. The first-order valence-electron chi connectivity index (χ1n) is 12.7. The van der Waals surface area contributed by atoms with Crippen LogP contribution in [0.15, 0.2) is 48.8 Å². The zero-order valence-electron chi connectivity index (χ0n) is 21.9. The molecular formula is C29H34F2N4O2. The number of nitrogens with zero attached hydrogens (tertiary/aromatic N) is 4. The van der Waals surface area contributed by atoms with Crippen LogP contribution in [0.5, 0.6) is 5.75 Å². The standard InChI is InChI=1S/C29H34F2N4O2/c1-5-20-16-32-28(33-17-20)34-12-10-22(11-13-34)19-37-27-25(30)14-24(15-26(27)31)23-8-6-21(7-9-23)18-35(36)29(2,3)4/h6-9,14-18,22H,5,10-13,19H2,1-4H3/b35-18-. The summed E-state index contributed by atoms with van der Waals surface area (Å²) in [4.78, 5) is 11.0. The zero-order chi connectivity index (χ0) is 26.6. The summed E-state index contributed by atoms with van der Waals surface area (Å²) in [7, 11) is 0. The second-order valence-corrected chi connectivity index (χ2v) is 10.5.